The Hall–Kier alpha value is -1.06. The molecule has 0 aliphatic rings. The van der Waals surface area contributed by atoms with Crippen LogP contribution in [-0.2, 0) is 0 Å². The van der Waals surface area contributed by atoms with Crippen molar-refractivity contribution in [3.05, 3.63) is 11.9 Å². The zero-order chi connectivity index (χ0) is 7.11. The normalized spacial score (nSPS) is 12.8. The van der Waals surface area contributed by atoms with Gasteiger partial charge in [0.15, 0.2) is 0 Å². The van der Waals surface area contributed by atoms with Crippen molar-refractivity contribution in [3.63, 3.8) is 0 Å². The number of nitrogens with two attached hydrogens (primary N) is 2. The molecule has 0 saturated heterocycles. The molecule has 9 heavy (non-hydrogen) atoms. The molecule has 4 N–H and O–H groups in total. The summed E-state index contributed by atoms with van der Waals surface area (Å²) in [5, 5.41) is 0. The van der Waals surface area contributed by atoms with Crippen LogP contribution in [0.5, 0.6) is 0 Å². The molecule has 0 atom stereocenters. The number of hydrogen-bond acceptors (Lipinski definition) is 3. The molecule has 0 aliphatic carbocycles. The topological polar surface area (TPSA) is 64.4 Å². The van der Waals surface area contributed by atoms with E-state index in [9.17, 15) is 4.39 Å². The Labute approximate surface area is 53.3 Å². The molecule has 0 radical (unpaired) electrons. The Bertz CT molecular complexity index is 119. The van der Waals surface area contributed by atoms with Gasteiger partial charge in [0.25, 0.3) is 0 Å². The fourth-order valence-electron chi connectivity index (χ4n) is 0.262. The largest absolute Gasteiger partial charge is 0.403 e. The fraction of sp³-hybridized carbons (Fsp3) is 0.400. The summed E-state index contributed by atoms with van der Waals surface area (Å²) in [5.41, 5.74) is 10.5. The first-order valence-corrected chi connectivity index (χ1v) is 2.54. The van der Waals surface area contributed by atoms with Gasteiger partial charge in [-0.15, -0.1) is 0 Å². The SMILES string of the molecule is NC=C(N)C=NCCF. The molecule has 0 rings (SSSR count). The number of alkyl halides is 1. The van der Waals surface area contributed by atoms with E-state index in [1.165, 1.54) is 12.4 Å². The molecule has 0 heterocycles. The average molecular weight is 131 g/mol. The van der Waals surface area contributed by atoms with Gasteiger partial charge in [0.05, 0.1) is 12.2 Å². The zero-order valence-corrected chi connectivity index (χ0v) is 5.05. The van der Waals surface area contributed by atoms with E-state index in [0.717, 1.165) is 0 Å². The number of rotatable bonds is 3. The summed E-state index contributed by atoms with van der Waals surface area (Å²) in [4.78, 5) is 3.59. The third-order valence-corrected chi connectivity index (χ3v) is 0.646. The maximum Gasteiger partial charge on any atom is 0.109 e. The van der Waals surface area contributed by atoms with Gasteiger partial charge in [-0.3, -0.25) is 4.99 Å². The quantitative estimate of drug-likeness (QED) is 0.520. The van der Waals surface area contributed by atoms with Crippen molar-refractivity contribution in [1.29, 1.82) is 0 Å². The first-order chi connectivity index (χ1) is 4.31. The van der Waals surface area contributed by atoms with Gasteiger partial charge in [-0.05, 0) is 0 Å². The van der Waals surface area contributed by atoms with Crippen molar-refractivity contribution in [1.82, 2.24) is 0 Å². The molecule has 0 saturated carbocycles. The molecule has 3 nitrogen and oxygen atoms in total. The predicted octanol–water partition coefficient (Wildman–Crippen LogP) is -0.215. The van der Waals surface area contributed by atoms with Crippen molar-refractivity contribution in [2.75, 3.05) is 13.2 Å². The average Bonchev–Trinajstić information content (AvgIpc) is 1.89. The monoisotopic (exact) mass is 131 g/mol. The van der Waals surface area contributed by atoms with Crippen LogP contribution in [0.1, 0.15) is 0 Å². The van der Waals surface area contributed by atoms with Crippen LogP contribution in [0.25, 0.3) is 0 Å². The van der Waals surface area contributed by atoms with Gasteiger partial charge in [0.1, 0.15) is 6.67 Å². The summed E-state index contributed by atoms with van der Waals surface area (Å²) in [6, 6.07) is 0. The van der Waals surface area contributed by atoms with E-state index in [1.54, 1.807) is 0 Å². The minimum atomic E-state index is -0.464. The Morgan fingerprint density at radius 3 is 2.78 bits per heavy atom. The van der Waals surface area contributed by atoms with Gasteiger partial charge in [0, 0.05) is 12.4 Å². The van der Waals surface area contributed by atoms with Crippen LogP contribution in [0.3, 0.4) is 0 Å². The van der Waals surface area contributed by atoms with Gasteiger partial charge in [0.2, 0.25) is 0 Å². The van der Waals surface area contributed by atoms with E-state index in [1.807, 2.05) is 0 Å². The van der Waals surface area contributed by atoms with Gasteiger partial charge in [-0.2, -0.15) is 0 Å². The van der Waals surface area contributed by atoms with Crippen LogP contribution >= 0.6 is 0 Å². The highest BCUT2D eigenvalue weighted by molar-refractivity contribution is 5.76. The van der Waals surface area contributed by atoms with Gasteiger partial charge in [-0.1, -0.05) is 0 Å². The lowest BCUT2D eigenvalue weighted by atomic mass is 10.5. The summed E-state index contributed by atoms with van der Waals surface area (Å²) in [6.45, 7) is -0.317. The van der Waals surface area contributed by atoms with E-state index in [-0.39, 0.29) is 6.54 Å². The summed E-state index contributed by atoms with van der Waals surface area (Å²) in [5.74, 6) is 0. The number of nitrogens with zero attached hydrogens (tertiary/aromatic N) is 1. The molecule has 0 aromatic carbocycles. The summed E-state index contributed by atoms with van der Waals surface area (Å²) in [7, 11) is 0. The van der Waals surface area contributed by atoms with Crippen molar-refractivity contribution in [2.45, 2.75) is 0 Å². The second-order valence-corrected chi connectivity index (χ2v) is 1.39. The minimum Gasteiger partial charge on any atom is -0.403 e. The molecule has 0 bridgehead atoms. The van der Waals surface area contributed by atoms with Crippen LogP contribution in [0.2, 0.25) is 0 Å². The predicted molar refractivity (Wildman–Crippen MR) is 35.8 cm³/mol. The zero-order valence-electron chi connectivity index (χ0n) is 5.05. The van der Waals surface area contributed by atoms with Crippen molar-refractivity contribution in [3.8, 4) is 0 Å². The molecule has 52 valence electrons. The fourth-order valence-corrected chi connectivity index (χ4v) is 0.262. The molecule has 0 aliphatic heterocycles. The van der Waals surface area contributed by atoms with E-state index < -0.39 is 6.67 Å². The lowest BCUT2D eigenvalue weighted by Crippen LogP contribution is -2.02. The third-order valence-electron chi connectivity index (χ3n) is 0.646. The summed E-state index contributed by atoms with van der Waals surface area (Å²) < 4.78 is 11.3. The molecule has 0 fully saturated rings. The second kappa shape index (κ2) is 5.08. The van der Waals surface area contributed by atoms with E-state index in [2.05, 4.69) is 4.99 Å². The van der Waals surface area contributed by atoms with Crippen molar-refractivity contribution in [2.24, 2.45) is 16.5 Å². The lowest BCUT2D eigenvalue weighted by Gasteiger charge is -1.86. The minimum absolute atomic E-state index is 0.147. The van der Waals surface area contributed by atoms with E-state index in [0.29, 0.717) is 5.70 Å². The number of allylic oxidation sites excluding steroid dienone is 1. The highest BCUT2D eigenvalue weighted by Crippen LogP contribution is 1.74. The Morgan fingerprint density at radius 2 is 2.33 bits per heavy atom. The highest BCUT2D eigenvalue weighted by Gasteiger charge is 1.78. The number of halogens is 1. The first-order valence-electron chi connectivity index (χ1n) is 2.54. The molecule has 0 aromatic heterocycles. The first kappa shape index (κ1) is 7.94. The molecule has 0 amide bonds. The van der Waals surface area contributed by atoms with E-state index in [4.69, 9.17) is 11.5 Å². The number of aliphatic imine (C=N–C) groups is 1. The lowest BCUT2D eigenvalue weighted by molar-refractivity contribution is 0.505. The van der Waals surface area contributed by atoms with Crippen LogP contribution in [0.15, 0.2) is 16.9 Å². The van der Waals surface area contributed by atoms with Crippen LogP contribution < -0.4 is 11.5 Å². The molecular formula is C5H10FN3. The molecule has 0 unspecified atom stereocenters. The maximum atomic E-state index is 11.3. The Balaban J connectivity index is 3.45. The van der Waals surface area contributed by atoms with Crippen LogP contribution in [0.4, 0.5) is 4.39 Å². The summed E-state index contributed by atoms with van der Waals surface area (Å²) >= 11 is 0. The molecular weight excluding hydrogens is 121 g/mol. The molecule has 0 spiro atoms. The van der Waals surface area contributed by atoms with Crippen LogP contribution in [0, 0.1) is 0 Å². The maximum absolute atomic E-state index is 11.3. The van der Waals surface area contributed by atoms with Crippen molar-refractivity contribution >= 4 is 6.21 Å². The van der Waals surface area contributed by atoms with Gasteiger partial charge in [-0.25, -0.2) is 4.39 Å². The highest BCUT2D eigenvalue weighted by atomic mass is 19.1. The summed E-state index contributed by atoms with van der Waals surface area (Å²) in [6.07, 6.45) is 2.54. The van der Waals surface area contributed by atoms with Crippen LogP contribution in [-0.4, -0.2) is 19.4 Å². The van der Waals surface area contributed by atoms with Gasteiger partial charge >= 0.3 is 0 Å². The molecule has 4 heteroatoms. The second-order valence-electron chi connectivity index (χ2n) is 1.39. The number of hydrogen-bond donors (Lipinski definition) is 2. The van der Waals surface area contributed by atoms with Gasteiger partial charge < -0.3 is 11.5 Å². The van der Waals surface area contributed by atoms with E-state index >= 15 is 0 Å². The Morgan fingerprint density at radius 1 is 1.67 bits per heavy atom. The molecule has 0 aromatic rings. The standard InChI is InChI=1S/C5H10FN3/c6-1-2-9-4-5(8)3-7/h3-4H,1-2,7-8H2. The Kier molecular flexibility index (Phi) is 4.49. The van der Waals surface area contributed by atoms with Crippen molar-refractivity contribution < 1.29 is 4.39 Å². The smallest absolute Gasteiger partial charge is 0.109 e. The third kappa shape index (κ3) is 4.80.